The zero-order valence-electron chi connectivity index (χ0n) is 14.3. The first-order valence-corrected chi connectivity index (χ1v) is 9.83. The highest BCUT2D eigenvalue weighted by atomic mass is 32.2. The van der Waals surface area contributed by atoms with Gasteiger partial charge in [0.1, 0.15) is 0 Å². The first-order chi connectivity index (χ1) is 10.7. The van der Waals surface area contributed by atoms with Gasteiger partial charge in [0.25, 0.3) is 0 Å². The Morgan fingerprint density at radius 2 is 1.70 bits per heavy atom. The summed E-state index contributed by atoms with van der Waals surface area (Å²) >= 11 is 0. The average molecular weight is 338 g/mol. The summed E-state index contributed by atoms with van der Waals surface area (Å²) in [6.07, 6.45) is 2.39. The van der Waals surface area contributed by atoms with Crippen molar-refractivity contribution < 1.29 is 13.2 Å². The average Bonchev–Trinajstić information content (AvgIpc) is 2.48. The molecule has 0 atom stereocenters. The van der Waals surface area contributed by atoms with E-state index < -0.39 is 10.0 Å². The van der Waals surface area contributed by atoms with E-state index in [0.717, 1.165) is 5.56 Å². The van der Waals surface area contributed by atoms with Crippen LogP contribution in [0.2, 0.25) is 0 Å². The highest BCUT2D eigenvalue weighted by Crippen LogP contribution is 2.20. The normalized spacial score (nSPS) is 17.2. The number of nitrogens with zero attached hydrogens (tertiary/aromatic N) is 1. The van der Waals surface area contributed by atoms with E-state index in [-0.39, 0.29) is 11.8 Å². The van der Waals surface area contributed by atoms with Gasteiger partial charge in [-0.2, -0.15) is 0 Å². The molecule has 0 bridgehead atoms. The van der Waals surface area contributed by atoms with Gasteiger partial charge < -0.3 is 5.32 Å². The topological polar surface area (TPSA) is 66.5 Å². The lowest BCUT2D eigenvalue weighted by molar-refractivity contribution is -0.126. The van der Waals surface area contributed by atoms with Crippen molar-refractivity contribution in [3.05, 3.63) is 34.4 Å². The number of benzene rings is 1. The Bertz CT molecular complexity index is 690. The summed E-state index contributed by atoms with van der Waals surface area (Å²) in [5, 5.41) is 3.00. The molecule has 5 nitrogen and oxygen atoms in total. The molecule has 0 saturated carbocycles. The van der Waals surface area contributed by atoms with E-state index in [2.05, 4.69) is 38.2 Å². The summed E-state index contributed by atoms with van der Waals surface area (Å²) in [4.78, 5) is 12.3. The minimum atomic E-state index is -3.14. The van der Waals surface area contributed by atoms with Crippen LogP contribution in [0.1, 0.15) is 35.1 Å². The molecule has 1 aromatic carbocycles. The van der Waals surface area contributed by atoms with Gasteiger partial charge in [0, 0.05) is 25.6 Å². The molecule has 2 rings (SSSR count). The van der Waals surface area contributed by atoms with Crippen molar-refractivity contribution in [3.63, 3.8) is 0 Å². The van der Waals surface area contributed by atoms with Crippen LogP contribution >= 0.6 is 0 Å². The van der Waals surface area contributed by atoms with Crippen LogP contribution in [0, 0.1) is 26.7 Å². The third-order valence-corrected chi connectivity index (χ3v) is 6.00. The van der Waals surface area contributed by atoms with Gasteiger partial charge in [0.2, 0.25) is 15.9 Å². The molecule has 6 heteroatoms. The molecule has 0 aliphatic carbocycles. The first-order valence-electron chi connectivity index (χ1n) is 7.98. The second kappa shape index (κ2) is 7.01. The van der Waals surface area contributed by atoms with Gasteiger partial charge in [-0.25, -0.2) is 12.7 Å². The molecular formula is C17H26N2O3S. The maximum atomic E-state index is 12.3. The van der Waals surface area contributed by atoms with Crippen molar-refractivity contribution in [1.82, 2.24) is 9.62 Å². The molecule has 0 spiro atoms. The number of nitrogens with one attached hydrogen (secondary N) is 1. The van der Waals surface area contributed by atoms with Crippen LogP contribution in [0.5, 0.6) is 0 Å². The molecule has 1 saturated heterocycles. The van der Waals surface area contributed by atoms with Gasteiger partial charge >= 0.3 is 0 Å². The quantitative estimate of drug-likeness (QED) is 0.912. The van der Waals surface area contributed by atoms with Crippen molar-refractivity contribution in [2.45, 2.75) is 40.2 Å². The number of carbonyl (C=O) groups is 1. The lowest BCUT2D eigenvalue weighted by atomic mass is 9.96. The summed E-state index contributed by atoms with van der Waals surface area (Å²) in [6.45, 7) is 7.59. The standard InChI is InChI=1S/C17H26N2O3S/c1-12-9-14(3)16(10-13(12)2)11-18-17(20)15-5-7-19(8-6-15)23(4,21)22/h9-10,15H,5-8,11H2,1-4H3,(H,18,20). The predicted molar refractivity (Wildman–Crippen MR) is 91.6 cm³/mol. The number of sulfonamides is 1. The Morgan fingerprint density at radius 1 is 1.13 bits per heavy atom. The smallest absolute Gasteiger partial charge is 0.223 e. The van der Waals surface area contributed by atoms with Gasteiger partial charge in [-0.1, -0.05) is 12.1 Å². The number of carbonyl (C=O) groups excluding carboxylic acids is 1. The van der Waals surface area contributed by atoms with Gasteiger partial charge in [0.15, 0.2) is 0 Å². The molecule has 1 N–H and O–H groups in total. The fourth-order valence-corrected chi connectivity index (χ4v) is 3.86. The molecule has 1 fully saturated rings. The summed E-state index contributed by atoms with van der Waals surface area (Å²) in [6, 6.07) is 4.26. The van der Waals surface area contributed by atoms with E-state index in [4.69, 9.17) is 0 Å². The number of piperidine rings is 1. The van der Waals surface area contributed by atoms with Gasteiger partial charge in [-0.15, -0.1) is 0 Å². The van der Waals surface area contributed by atoms with E-state index in [1.165, 1.54) is 27.3 Å². The third kappa shape index (κ3) is 4.54. The van der Waals surface area contributed by atoms with Crippen LogP contribution in [-0.2, 0) is 21.4 Å². The minimum absolute atomic E-state index is 0.0239. The number of amides is 1. The Hall–Kier alpha value is -1.40. The maximum absolute atomic E-state index is 12.3. The summed E-state index contributed by atoms with van der Waals surface area (Å²) in [7, 11) is -3.14. The largest absolute Gasteiger partial charge is 0.352 e. The summed E-state index contributed by atoms with van der Waals surface area (Å²) in [5.41, 5.74) is 4.79. The molecule has 128 valence electrons. The molecule has 0 radical (unpaired) electrons. The first kappa shape index (κ1) is 17.9. The molecule has 1 amide bonds. The van der Waals surface area contributed by atoms with Crippen molar-refractivity contribution >= 4 is 15.9 Å². The number of rotatable bonds is 4. The molecule has 1 aliphatic rings. The molecule has 1 heterocycles. The van der Waals surface area contributed by atoms with Crippen molar-refractivity contribution in [1.29, 1.82) is 0 Å². The van der Waals surface area contributed by atoms with Crippen molar-refractivity contribution in [3.8, 4) is 0 Å². The van der Waals surface area contributed by atoms with Crippen LogP contribution in [0.3, 0.4) is 0 Å². The Labute approximate surface area is 139 Å². The number of aryl methyl sites for hydroxylation is 3. The minimum Gasteiger partial charge on any atom is -0.352 e. The monoisotopic (exact) mass is 338 g/mol. The summed E-state index contributed by atoms with van der Waals surface area (Å²) in [5.74, 6) is -0.0735. The highest BCUT2D eigenvalue weighted by molar-refractivity contribution is 7.88. The van der Waals surface area contributed by atoms with Crippen LogP contribution in [0.25, 0.3) is 0 Å². The zero-order chi connectivity index (χ0) is 17.2. The van der Waals surface area contributed by atoms with E-state index >= 15 is 0 Å². The molecule has 1 aromatic rings. The maximum Gasteiger partial charge on any atom is 0.223 e. The molecule has 0 unspecified atom stereocenters. The van der Waals surface area contributed by atoms with E-state index in [1.807, 2.05) is 0 Å². The van der Waals surface area contributed by atoms with E-state index in [9.17, 15) is 13.2 Å². The molecule has 0 aromatic heterocycles. The Morgan fingerprint density at radius 3 is 2.26 bits per heavy atom. The Kier molecular flexibility index (Phi) is 5.47. The lowest BCUT2D eigenvalue weighted by Gasteiger charge is -2.29. The van der Waals surface area contributed by atoms with Gasteiger partial charge in [-0.3, -0.25) is 4.79 Å². The predicted octanol–water partition coefficient (Wildman–Crippen LogP) is 1.90. The zero-order valence-corrected chi connectivity index (χ0v) is 15.2. The van der Waals surface area contributed by atoms with Crippen LogP contribution in [-0.4, -0.2) is 38.0 Å². The van der Waals surface area contributed by atoms with Gasteiger partial charge in [0.05, 0.1) is 6.26 Å². The second-order valence-electron chi connectivity index (χ2n) is 6.52. The van der Waals surface area contributed by atoms with Crippen LogP contribution in [0.15, 0.2) is 12.1 Å². The second-order valence-corrected chi connectivity index (χ2v) is 8.50. The van der Waals surface area contributed by atoms with Crippen LogP contribution < -0.4 is 5.32 Å². The van der Waals surface area contributed by atoms with E-state index in [0.29, 0.717) is 32.5 Å². The van der Waals surface area contributed by atoms with Crippen molar-refractivity contribution in [2.24, 2.45) is 5.92 Å². The van der Waals surface area contributed by atoms with Gasteiger partial charge in [-0.05, 0) is 55.9 Å². The number of hydrogen-bond acceptors (Lipinski definition) is 3. The number of hydrogen-bond donors (Lipinski definition) is 1. The SMILES string of the molecule is Cc1cc(C)c(CNC(=O)C2CCN(S(C)(=O)=O)CC2)cc1C. The van der Waals surface area contributed by atoms with Crippen molar-refractivity contribution in [2.75, 3.05) is 19.3 Å². The molecule has 1 aliphatic heterocycles. The fraction of sp³-hybridized carbons (Fsp3) is 0.588. The molecule has 23 heavy (non-hydrogen) atoms. The summed E-state index contributed by atoms with van der Waals surface area (Å²) < 4.78 is 24.4. The fourth-order valence-electron chi connectivity index (χ4n) is 2.99. The highest BCUT2D eigenvalue weighted by Gasteiger charge is 2.28. The van der Waals surface area contributed by atoms with Crippen LogP contribution in [0.4, 0.5) is 0 Å². The molecular weight excluding hydrogens is 312 g/mol. The third-order valence-electron chi connectivity index (χ3n) is 4.70. The Balaban J connectivity index is 1.90. The van der Waals surface area contributed by atoms with E-state index in [1.54, 1.807) is 0 Å². The lowest BCUT2D eigenvalue weighted by Crippen LogP contribution is -2.42.